The molecule has 2 aromatic carbocycles. The molecule has 5 heteroatoms. The summed E-state index contributed by atoms with van der Waals surface area (Å²) in [4.78, 5) is 12.0. The van der Waals surface area contributed by atoms with Gasteiger partial charge >= 0.3 is 6.03 Å². The Morgan fingerprint density at radius 1 is 1.05 bits per heavy atom. The van der Waals surface area contributed by atoms with E-state index < -0.39 is 0 Å². The molecule has 0 bridgehead atoms. The SMILES string of the molecule is O=C(Nc1cccc2ccccc12)NN1CCOCC1. The lowest BCUT2D eigenvalue weighted by molar-refractivity contribution is 0.0207. The van der Waals surface area contributed by atoms with E-state index in [4.69, 9.17) is 4.74 Å². The molecule has 2 amide bonds. The lowest BCUT2D eigenvalue weighted by Crippen LogP contribution is -2.49. The van der Waals surface area contributed by atoms with Crippen LogP contribution in [-0.4, -0.2) is 37.3 Å². The minimum atomic E-state index is -0.219. The highest BCUT2D eigenvalue weighted by Crippen LogP contribution is 2.22. The summed E-state index contributed by atoms with van der Waals surface area (Å²) in [5.41, 5.74) is 3.65. The Labute approximate surface area is 117 Å². The number of fused-ring (bicyclic) bond motifs is 1. The summed E-state index contributed by atoms with van der Waals surface area (Å²) >= 11 is 0. The first-order valence-corrected chi connectivity index (χ1v) is 6.71. The van der Waals surface area contributed by atoms with Gasteiger partial charge in [-0.3, -0.25) is 5.43 Å². The fraction of sp³-hybridized carbons (Fsp3) is 0.267. The predicted molar refractivity (Wildman–Crippen MR) is 78.5 cm³/mol. The van der Waals surface area contributed by atoms with E-state index in [1.807, 2.05) is 47.5 Å². The number of hydrazine groups is 1. The van der Waals surface area contributed by atoms with Crippen molar-refractivity contribution >= 4 is 22.5 Å². The summed E-state index contributed by atoms with van der Waals surface area (Å²) in [6.07, 6.45) is 0. The molecule has 20 heavy (non-hydrogen) atoms. The largest absolute Gasteiger partial charge is 0.379 e. The van der Waals surface area contributed by atoms with Gasteiger partial charge in [-0.05, 0) is 11.5 Å². The molecule has 2 N–H and O–H groups in total. The van der Waals surface area contributed by atoms with E-state index in [1.54, 1.807) is 0 Å². The minimum Gasteiger partial charge on any atom is -0.379 e. The van der Waals surface area contributed by atoms with Gasteiger partial charge < -0.3 is 10.1 Å². The van der Waals surface area contributed by atoms with Gasteiger partial charge in [-0.15, -0.1) is 0 Å². The first-order chi connectivity index (χ1) is 9.83. The first kappa shape index (κ1) is 12.9. The summed E-state index contributed by atoms with van der Waals surface area (Å²) < 4.78 is 5.24. The first-order valence-electron chi connectivity index (χ1n) is 6.71. The number of amides is 2. The highest BCUT2D eigenvalue weighted by atomic mass is 16.5. The van der Waals surface area contributed by atoms with Crippen LogP contribution in [0.5, 0.6) is 0 Å². The molecule has 3 rings (SSSR count). The van der Waals surface area contributed by atoms with Gasteiger partial charge in [0.25, 0.3) is 0 Å². The van der Waals surface area contributed by atoms with Crippen molar-refractivity contribution in [2.45, 2.75) is 0 Å². The Kier molecular flexibility index (Phi) is 3.80. The zero-order valence-electron chi connectivity index (χ0n) is 11.1. The molecule has 1 saturated heterocycles. The molecule has 0 atom stereocenters. The lowest BCUT2D eigenvalue weighted by atomic mass is 10.1. The van der Waals surface area contributed by atoms with Crippen LogP contribution >= 0.6 is 0 Å². The van der Waals surface area contributed by atoms with E-state index in [0.29, 0.717) is 26.3 Å². The Balaban J connectivity index is 1.71. The fourth-order valence-electron chi connectivity index (χ4n) is 2.30. The van der Waals surface area contributed by atoms with Gasteiger partial charge in [0.1, 0.15) is 0 Å². The second-order valence-electron chi connectivity index (χ2n) is 4.69. The molecule has 1 aliphatic rings. The molecule has 0 radical (unpaired) electrons. The van der Waals surface area contributed by atoms with Crippen LogP contribution in [0.1, 0.15) is 0 Å². The Hall–Kier alpha value is -2.11. The molecular weight excluding hydrogens is 254 g/mol. The monoisotopic (exact) mass is 271 g/mol. The fourth-order valence-corrected chi connectivity index (χ4v) is 2.30. The van der Waals surface area contributed by atoms with E-state index in [2.05, 4.69) is 10.7 Å². The third kappa shape index (κ3) is 2.89. The van der Waals surface area contributed by atoms with Gasteiger partial charge in [0.2, 0.25) is 0 Å². The van der Waals surface area contributed by atoms with Crippen molar-refractivity contribution in [1.29, 1.82) is 0 Å². The van der Waals surface area contributed by atoms with Crippen LogP contribution in [0.25, 0.3) is 10.8 Å². The zero-order chi connectivity index (χ0) is 13.8. The van der Waals surface area contributed by atoms with Gasteiger partial charge in [0, 0.05) is 18.5 Å². The van der Waals surface area contributed by atoms with Crippen LogP contribution in [-0.2, 0) is 4.74 Å². The number of hydrogen-bond acceptors (Lipinski definition) is 3. The molecule has 1 aliphatic heterocycles. The number of anilines is 1. The number of carbonyl (C=O) groups excluding carboxylic acids is 1. The molecule has 0 unspecified atom stereocenters. The van der Waals surface area contributed by atoms with Gasteiger partial charge in [-0.1, -0.05) is 36.4 Å². The van der Waals surface area contributed by atoms with Crippen molar-refractivity contribution in [2.75, 3.05) is 31.6 Å². The van der Waals surface area contributed by atoms with E-state index >= 15 is 0 Å². The topological polar surface area (TPSA) is 53.6 Å². The van der Waals surface area contributed by atoms with Crippen molar-refractivity contribution < 1.29 is 9.53 Å². The minimum absolute atomic E-state index is 0.219. The Morgan fingerprint density at radius 2 is 1.80 bits per heavy atom. The van der Waals surface area contributed by atoms with Gasteiger partial charge in [0.05, 0.1) is 18.9 Å². The highest BCUT2D eigenvalue weighted by Gasteiger charge is 2.13. The number of hydrogen-bond donors (Lipinski definition) is 2. The van der Waals surface area contributed by atoms with Crippen LogP contribution in [0.2, 0.25) is 0 Å². The number of nitrogens with zero attached hydrogens (tertiary/aromatic N) is 1. The van der Waals surface area contributed by atoms with Gasteiger partial charge in [0.15, 0.2) is 0 Å². The highest BCUT2D eigenvalue weighted by molar-refractivity contribution is 6.01. The van der Waals surface area contributed by atoms with E-state index in [0.717, 1.165) is 16.5 Å². The number of carbonyl (C=O) groups is 1. The van der Waals surface area contributed by atoms with E-state index in [1.165, 1.54) is 0 Å². The molecule has 0 aromatic heterocycles. The molecule has 5 nitrogen and oxygen atoms in total. The third-order valence-electron chi connectivity index (χ3n) is 3.31. The van der Waals surface area contributed by atoms with Crippen molar-refractivity contribution in [1.82, 2.24) is 10.4 Å². The number of ether oxygens (including phenoxy) is 1. The molecular formula is C15H17N3O2. The number of benzene rings is 2. The van der Waals surface area contributed by atoms with E-state index in [9.17, 15) is 4.79 Å². The van der Waals surface area contributed by atoms with Gasteiger partial charge in [-0.25, -0.2) is 9.80 Å². The van der Waals surface area contributed by atoms with Crippen LogP contribution in [0.4, 0.5) is 10.5 Å². The summed E-state index contributed by atoms with van der Waals surface area (Å²) in [6, 6.07) is 13.6. The number of morpholine rings is 1. The summed E-state index contributed by atoms with van der Waals surface area (Å²) in [5, 5.41) is 6.91. The second kappa shape index (κ2) is 5.90. The zero-order valence-corrected chi connectivity index (χ0v) is 11.1. The molecule has 1 heterocycles. The van der Waals surface area contributed by atoms with Crippen LogP contribution in [0.3, 0.4) is 0 Å². The smallest absolute Gasteiger partial charge is 0.333 e. The normalized spacial score (nSPS) is 16.0. The average Bonchev–Trinajstić information content (AvgIpc) is 2.48. The molecule has 1 fully saturated rings. The maximum atomic E-state index is 12.0. The summed E-state index contributed by atoms with van der Waals surface area (Å²) in [7, 11) is 0. The predicted octanol–water partition coefficient (Wildman–Crippen LogP) is 2.21. The molecule has 0 aliphatic carbocycles. The molecule has 0 saturated carbocycles. The van der Waals surface area contributed by atoms with Gasteiger partial charge in [-0.2, -0.15) is 0 Å². The maximum absolute atomic E-state index is 12.0. The molecule has 0 spiro atoms. The second-order valence-corrected chi connectivity index (χ2v) is 4.69. The van der Waals surface area contributed by atoms with Crippen LogP contribution in [0.15, 0.2) is 42.5 Å². The third-order valence-corrected chi connectivity index (χ3v) is 3.31. The van der Waals surface area contributed by atoms with Crippen LogP contribution in [0, 0.1) is 0 Å². The summed E-state index contributed by atoms with van der Waals surface area (Å²) in [5.74, 6) is 0. The van der Waals surface area contributed by atoms with Crippen molar-refractivity contribution in [3.05, 3.63) is 42.5 Å². The molecule has 2 aromatic rings. The average molecular weight is 271 g/mol. The molecule has 104 valence electrons. The van der Waals surface area contributed by atoms with E-state index in [-0.39, 0.29) is 6.03 Å². The maximum Gasteiger partial charge on any atom is 0.333 e. The number of urea groups is 1. The Morgan fingerprint density at radius 3 is 2.65 bits per heavy atom. The lowest BCUT2D eigenvalue weighted by Gasteiger charge is -2.27. The number of nitrogens with one attached hydrogen (secondary N) is 2. The quantitative estimate of drug-likeness (QED) is 0.880. The van der Waals surface area contributed by atoms with Crippen molar-refractivity contribution in [2.24, 2.45) is 0 Å². The van der Waals surface area contributed by atoms with Crippen molar-refractivity contribution in [3.8, 4) is 0 Å². The summed E-state index contributed by atoms with van der Waals surface area (Å²) in [6.45, 7) is 2.72. The standard InChI is InChI=1S/C15H17N3O2/c19-15(17-18-8-10-20-11-9-18)16-14-7-3-5-12-4-1-2-6-13(12)14/h1-7H,8-11H2,(H2,16,17,19). The number of rotatable bonds is 2. The van der Waals surface area contributed by atoms with Crippen molar-refractivity contribution in [3.63, 3.8) is 0 Å². The Bertz CT molecular complexity index is 604. The van der Waals surface area contributed by atoms with Crippen LogP contribution < -0.4 is 10.7 Å².